The van der Waals surface area contributed by atoms with Crippen LogP contribution in [-0.2, 0) is 14.3 Å². The van der Waals surface area contributed by atoms with Gasteiger partial charge in [-0.2, -0.15) is 0 Å². The Hall–Kier alpha value is -2.04. The van der Waals surface area contributed by atoms with Crippen molar-refractivity contribution < 1.29 is 19.1 Å². The second-order valence-electron chi connectivity index (χ2n) is 3.91. The van der Waals surface area contributed by atoms with Crippen LogP contribution in [0.5, 0.6) is 5.75 Å². The SMILES string of the molecule is COC(=O)CC(C)Oc1ccc(NC(C)=O)cc1. The van der Waals surface area contributed by atoms with Crippen molar-refractivity contribution in [2.75, 3.05) is 12.4 Å². The second-order valence-corrected chi connectivity index (χ2v) is 3.91. The molecule has 98 valence electrons. The Kier molecular flexibility index (Phi) is 5.17. The van der Waals surface area contributed by atoms with Gasteiger partial charge in [0.25, 0.3) is 0 Å². The first-order chi connectivity index (χ1) is 8.51. The number of amides is 1. The number of ether oxygens (including phenoxy) is 2. The van der Waals surface area contributed by atoms with Crippen LogP contribution in [0.3, 0.4) is 0 Å². The number of hydrogen-bond donors (Lipinski definition) is 1. The molecule has 0 aromatic heterocycles. The first kappa shape index (κ1) is 14.0. The molecule has 0 fully saturated rings. The molecule has 1 N–H and O–H groups in total. The van der Waals surface area contributed by atoms with Gasteiger partial charge in [-0.15, -0.1) is 0 Å². The summed E-state index contributed by atoms with van der Waals surface area (Å²) in [6.45, 7) is 3.24. The Labute approximate surface area is 106 Å². The van der Waals surface area contributed by atoms with Crippen molar-refractivity contribution in [2.45, 2.75) is 26.4 Å². The fourth-order valence-corrected chi connectivity index (χ4v) is 1.41. The van der Waals surface area contributed by atoms with Crippen molar-refractivity contribution in [2.24, 2.45) is 0 Å². The van der Waals surface area contributed by atoms with Crippen molar-refractivity contribution >= 4 is 17.6 Å². The van der Waals surface area contributed by atoms with Crippen molar-refractivity contribution in [3.8, 4) is 5.75 Å². The van der Waals surface area contributed by atoms with Crippen LogP contribution in [0.2, 0.25) is 0 Å². The molecule has 0 aliphatic rings. The molecule has 0 heterocycles. The molecule has 0 aliphatic carbocycles. The first-order valence-corrected chi connectivity index (χ1v) is 5.62. The number of benzene rings is 1. The van der Waals surface area contributed by atoms with E-state index in [1.165, 1.54) is 14.0 Å². The summed E-state index contributed by atoms with van der Waals surface area (Å²) >= 11 is 0. The van der Waals surface area contributed by atoms with Gasteiger partial charge in [-0.25, -0.2) is 0 Å². The highest BCUT2D eigenvalue weighted by Gasteiger charge is 2.10. The minimum atomic E-state index is -0.308. The Morgan fingerprint density at radius 3 is 2.39 bits per heavy atom. The Bertz CT molecular complexity index is 414. The first-order valence-electron chi connectivity index (χ1n) is 5.62. The Morgan fingerprint density at radius 2 is 1.89 bits per heavy atom. The zero-order valence-corrected chi connectivity index (χ0v) is 10.7. The van der Waals surface area contributed by atoms with Crippen LogP contribution < -0.4 is 10.1 Å². The van der Waals surface area contributed by atoms with Crippen LogP contribution in [-0.4, -0.2) is 25.1 Å². The summed E-state index contributed by atoms with van der Waals surface area (Å²) < 4.78 is 10.1. The van der Waals surface area contributed by atoms with E-state index in [9.17, 15) is 9.59 Å². The Balaban J connectivity index is 2.52. The third kappa shape index (κ3) is 4.86. The lowest BCUT2D eigenvalue weighted by Gasteiger charge is -2.13. The second kappa shape index (κ2) is 6.64. The van der Waals surface area contributed by atoms with Crippen molar-refractivity contribution in [1.29, 1.82) is 0 Å². The maximum Gasteiger partial charge on any atom is 0.309 e. The predicted octanol–water partition coefficient (Wildman–Crippen LogP) is 1.98. The Morgan fingerprint density at radius 1 is 1.28 bits per heavy atom. The van der Waals surface area contributed by atoms with Crippen LogP contribution in [0.25, 0.3) is 0 Å². The number of carbonyl (C=O) groups excluding carboxylic acids is 2. The van der Waals surface area contributed by atoms with Gasteiger partial charge in [-0.05, 0) is 31.2 Å². The van der Waals surface area contributed by atoms with E-state index in [-0.39, 0.29) is 24.4 Å². The lowest BCUT2D eigenvalue weighted by Crippen LogP contribution is -2.17. The molecule has 1 unspecified atom stereocenters. The van der Waals surface area contributed by atoms with E-state index in [0.29, 0.717) is 11.4 Å². The van der Waals surface area contributed by atoms with Crippen molar-refractivity contribution in [1.82, 2.24) is 0 Å². The quantitative estimate of drug-likeness (QED) is 0.813. The maximum atomic E-state index is 11.0. The minimum Gasteiger partial charge on any atom is -0.490 e. The fraction of sp³-hybridized carbons (Fsp3) is 0.385. The van der Waals surface area contributed by atoms with Gasteiger partial charge in [-0.1, -0.05) is 0 Å². The van der Waals surface area contributed by atoms with E-state index in [1.54, 1.807) is 31.2 Å². The number of carbonyl (C=O) groups is 2. The highest BCUT2D eigenvalue weighted by atomic mass is 16.5. The molecule has 18 heavy (non-hydrogen) atoms. The minimum absolute atomic E-state index is 0.122. The number of nitrogens with one attached hydrogen (secondary N) is 1. The largest absolute Gasteiger partial charge is 0.490 e. The monoisotopic (exact) mass is 251 g/mol. The molecule has 0 spiro atoms. The topological polar surface area (TPSA) is 64.6 Å². The fourth-order valence-electron chi connectivity index (χ4n) is 1.41. The van der Waals surface area contributed by atoms with Gasteiger partial charge in [0.2, 0.25) is 5.91 Å². The molecule has 0 saturated heterocycles. The molecule has 0 radical (unpaired) electrons. The van der Waals surface area contributed by atoms with Gasteiger partial charge < -0.3 is 14.8 Å². The third-order valence-electron chi connectivity index (χ3n) is 2.19. The molecular formula is C13H17NO4. The average molecular weight is 251 g/mol. The smallest absolute Gasteiger partial charge is 0.309 e. The molecule has 1 amide bonds. The molecular weight excluding hydrogens is 234 g/mol. The predicted molar refractivity (Wildman–Crippen MR) is 67.5 cm³/mol. The van der Waals surface area contributed by atoms with Gasteiger partial charge >= 0.3 is 5.97 Å². The van der Waals surface area contributed by atoms with E-state index < -0.39 is 0 Å². The van der Waals surface area contributed by atoms with Crippen molar-refractivity contribution in [3.63, 3.8) is 0 Å². The molecule has 1 aromatic carbocycles. The molecule has 5 nitrogen and oxygen atoms in total. The molecule has 1 atom stereocenters. The lowest BCUT2D eigenvalue weighted by atomic mass is 10.2. The summed E-state index contributed by atoms with van der Waals surface area (Å²) in [5.41, 5.74) is 0.704. The third-order valence-corrected chi connectivity index (χ3v) is 2.19. The maximum absolute atomic E-state index is 11.0. The normalized spacial score (nSPS) is 11.5. The van der Waals surface area contributed by atoms with Gasteiger partial charge in [0.15, 0.2) is 0 Å². The zero-order valence-electron chi connectivity index (χ0n) is 10.7. The average Bonchev–Trinajstić information content (AvgIpc) is 2.30. The lowest BCUT2D eigenvalue weighted by molar-refractivity contribution is -0.142. The van der Waals surface area contributed by atoms with Crippen LogP contribution in [0.15, 0.2) is 24.3 Å². The summed E-state index contributed by atoms with van der Waals surface area (Å²) in [5.74, 6) is 0.209. The molecule has 1 rings (SSSR count). The van der Waals surface area contributed by atoms with E-state index in [2.05, 4.69) is 10.1 Å². The van der Waals surface area contributed by atoms with Gasteiger partial charge in [0, 0.05) is 12.6 Å². The van der Waals surface area contributed by atoms with E-state index >= 15 is 0 Å². The van der Waals surface area contributed by atoms with Gasteiger partial charge in [-0.3, -0.25) is 9.59 Å². The molecule has 5 heteroatoms. The summed E-state index contributed by atoms with van der Waals surface area (Å²) in [7, 11) is 1.34. The summed E-state index contributed by atoms with van der Waals surface area (Å²) in [6, 6.07) is 6.95. The molecule has 0 saturated carbocycles. The van der Waals surface area contributed by atoms with E-state index in [4.69, 9.17) is 4.74 Å². The number of methoxy groups -OCH3 is 1. The highest BCUT2D eigenvalue weighted by molar-refractivity contribution is 5.88. The van der Waals surface area contributed by atoms with Crippen molar-refractivity contribution in [3.05, 3.63) is 24.3 Å². The number of anilines is 1. The highest BCUT2D eigenvalue weighted by Crippen LogP contribution is 2.17. The molecule has 0 aliphatic heterocycles. The van der Waals surface area contributed by atoms with Crippen LogP contribution in [0, 0.1) is 0 Å². The van der Waals surface area contributed by atoms with Crippen LogP contribution in [0.4, 0.5) is 5.69 Å². The number of esters is 1. The molecule has 0 bridgehead atoms. The summed E-state index contributed by atoms with van der Waals surface area (Å²) in [4.78, 5) is 21.9. The van der Waals surface area contributed by atoms with Gasteiger partial charge in [0.05, 0.1) is 13.5 Å². The van der Waals surface area contributed by atoms with Crippen LogP contribution in [0.1, 0.15) is 20.3 Å². The van der Waals surface area contributed by atoms with E-state index in [1.807, 2.05) is 0 Å². The summed E-state index contributed by atoms with van der Waals surface area (Å²) in [5, 5.41) is 2.66. The van der Waals surface area contributed by atoms with Gasteiger partial charge in [0.1, 0.15) is 11.9 Å². The standard InChI is InChI=1S/C13H17NO4/c1-9(8-13(16)17-3)18-12-6-4-11(5-7-12)14-10(2)15/h4-7,9H,8H2,1-3H3,(H,14,15). The van der Waals surface area contributed by atoms with E-state index in [0.717, 1.165) is 0 Å². The zero-order chi connectivity index (χ0) is 13.5. The molecule has 1 aromatic rings. The summed E-state index contributed by atoms with van der Waals surface area (Å²) in [6.07, 6.45) is -0.0618. The number of hydrogen-bond acceptors (Lipinski definition) is 4. The number of rotatable bonds is 5. The van der Waals surface area contributed by atoms with Crippen LogP contribution >= 0.6 is 0 Å².